The van der Waals surface area contributed by atoms with Gasteiger partial charge in [0.2, 0.25) is 0 Å². The predicted molar refractivity (Wildman–Crippen MR) is 76.6 cm³/mol. The van der Waals surface area contributed by atoms with E-state index in [1.807, 2.05) is 0 Å². The van der Waals surface area contributed by atoms with Crippen molar-refractivity contribution < 1.29 is 14.4 Å². The zero-order valence-electron chi connectivity index (χ0n) is 11.3. The largest absolute Gasteiger partial charge is 0.508 e. The van der Waals surface area contributed by atoms with E-state index in [0.717, 1.165) is 11.6 Å². The van der Waals surface area contributed by atoms with Crippen LogP contribution in [0.3, 0.4) is 0 Å². The summed E-state index contributed by atoms with van der Waals surface area (Å²) < 4.78 is 13.1. The van der Waals surface area contributed by atoms with Gasteiger partial charge < -0.3 is 10.4 Å². The first-order valence-electron chi connectivity index (χ1n) is 6.47. The van der Waals surface area contributed by atoms with Gasteiger partial charge >= 0.3 is 0 Å². The quantitative estimate of drug-likeness (QED) is 0.487. The fourth-order valence-corrected chi connectivity index (χ4v) is 1.99. The number of rotatable bonds is 6. The number of nitro groups is 1. The SMILES string of the molecule is O=[N+]([O-])c1ccc(CCNCc2cc(O)cc(F)c2)cc1. The third-order valence-corrected chi connectivity index (χ3v) is 3.01. The second kappa shape index (κ2) is 6.81. The molecule has 21 heavy (non-hydrogen) atoms. The van der Waals surface area contributed by atoms with Crippen molar-refractivity contribution in [3.63, 3.8) is 0 Å². The predicted octanol–water partition coefficient (Wildman–Crippen LogP) is 2.77. The molecule has 2 aromatic rings. The van der Waals surface area contributed by atoms with Gasteiger partial charge in [0.25, 0.3) is 5.69 Å². The second-order valence-corrected chi connectivity index (χ2v) is 4.67. The van der Waals surface area contributed by atoms with Gasteiger partial charge in [-0.3, -0.25) is 10.1 Å². The Labute approximate surface area is 121 Å². The molecular weight excluding hydrogens is 275 g/mol. The molecular formula is C15H15FN2O3. The minimum atomic E-state index is -0.470. The topological polar surface area (TPSA) is 75.4 Å². The molecule has 110 valence electrons. The van der Waals surface area contributed by atoms with Gasteiger partial charge in [-0.1, -0.05) is 12.1 Å². The van der Waals surface area contributed by atoms with Gasteiger partial charge in [0.15, 0.2) is 0 Å². The lowest BCUT2D eigenvalue weighted by molar-refractivity contribution is -0.384. The molecule has 0 heterocycles. The van der Waals surface area contributed by atoms with Crippen molar-refractivity contribution in [3.05, 3.63) is 69.5 Å². The highest BCUT2D eigenvalue weighted by Gasteiger charge is 2.04. The van der Waals surface area contributed by atoms with E-state index in [2.05, 4.69) is 5.32 Å². The zero-order chi connectivity index (χ0) is 15.2. The van der Waals surface area contributed by atoms with Gasteiger partial charge in [0.1, 0.15) is 11.6 Å². The van der Waals surface area contributed by atoms with Gasteiger partial charge in [0, 0.05) is 24.7 Å². The number of benzene rings is 2. The maximum absolute atomic E-state index is 13.1. The van der Waals surface area contributed by atoms with Gasteiger partial charge in [0.05, 0.1) is 4.92 Å². The molecule has 0 aliphatic heterocycles. The van der Waals surface area contributed by atoms with Gasteiger partial charge in [-0.2, -0.15) is 0 Å². The highest BCUT2D eigenvalue weighted by atomic mass is 19.1. The van der Waals surface area contributed by atoms with E-state index in [4.69, 9.17) is 0 Å². The summed E-state index contributed by atoms with van der Waals surface area (Å²) in [6.45, 7) is 1.09. The number of hydrogen-bond donors (Lipinski definition) is 2. The van der Waals surface area contributed by atoms with Crippen LogP contribution < -0.4 is 5.32 Å². The summed E-state index contributed by atoms with van der Waals surface area (Å²) in [6.07, 6.45) is 0.708. The molecule has 0 saturated carbocycles. The van der Waals surface area contributed by atoms with Crippen molar-refractivity contribution in [3.8, 4) is 5.75 Å². The summed E-state index contributed by atoms with van der Waals surface area (Å²) in [5.74, 6) is -0.565. The molecule has 0 radical (unpaired) electrons. The standard InChI is InChI=1S/C15H15FN2O3/c16-13-7-12(8-15(19)9-13)10-17-6-5-11-1-3-14(4-2-11)18(20)21/h1-4,7-9,17,19H,5-6,10H2. The molecule has 0 aliphatic carbocycles. The van der Waals surface area contributed by atoms with Crippen molar-refractivity contribution in [1.29, 1.82) is 0 Å². The van der Waals surface area contributed by atoms with Crippen LogP contribution in [0.5, 0.6) is 5.75 Å². The zero-order valence-corrected chi connectivity index (χ0v) is 11.3. The number of phenolic OH excluding ortho intramolecular Hbond substituents is 1. The van der Waals surface area contributed by atoms with Crippen LogP contribution in [0.15, 0.2) is 42.5 Å². The van der Waals surface area contributed by atoms with E-state index in [9.17, 15) is 19.6 Å². The number of aromatic hydroxyl groups is 1. The van der Waals surface area contributed by atoms with Crippen LogP contribution >= 0.6 is 0 Å². The summed E-state index contributed by atoms with van der Waals surface area (Å²) in [5.41, 5.74) is 1.72. The van der Waals surface area contributed by atoms with Crippen LogP contribution in [0.2, 0.25) is 0 Å². The molecule has 2 rings (SSSR count). The lowest BCUT2D eigenvalue weighted by atomic mass is 10.1. The molecule has 0 spiro atoms. The number of halogens is 1. The Balaban J connectivity index is 1.80. The second-order valence-electron chi connectivity index (χ2n) is 4.67. The molecule has 0 aromatic heterocycles. The van der Waals surface area contributed by atoms with E-state index in [-0.39, 0.29) is 11.4 Å². The van der Waals surface area contributed by atoms with Gasteiger partial charge in [-0.15, -0.1) is 0 Å². The lowest BCUT2D eigenvalue weighted by Crippen LogP contribution is -2.16. The number of nitro benzene ring substituents is 1. The van der Waals surface area contributed by atoms with Crippen LogP contribution in [-0.2, 0) is 13.0 Å². The molecule has 0 bridgehead atoms. The van der Waals surface area contributed by atoms with Crippen molar-refractivity contribution in [2.24, 2.45) is 0 Å². The first-order valence-corrected chi connectivity index (χ1v) is 6.47. The number of nitrogens with one attached hydrogen (secondary N) is 1. The van der Waals surface area contributed by atoms with Crippen molar-refractivity contribution in [2.45, 2.75) is 13.0 Å². The third-order valence-electron chi connectivity index (χ3n) is 3.01. The molecule has 6 heteroatoms. The summed E-state index contributed by atoms with van der Waals surface area (Å²) >= 11 is 0. The summed E-state index contributed by atoms with van der Waals surface area (Å²) in [4.78, 5) is 10.1. The Morgan fingerprint density at radius 3 is 2.48 bits per heavy atom. The van der Waals surface area contributed by atoms with E-state index in [0.29, 0.717) is 25.1 Å². The molecule has 0 unspecified atom stereocenters. The number of hydrogen-bond acceptors (Lipinski definition) is 4. The molecule has 0 atom stereocenters. The Kier molecular flexibility index (Phi) is 4.84. The van der Waals surface area contributed by atoms with Crippen LogP contribution in [0.25, 0.3) is 0 Å². The Morgan fingerprint density at radius 2 is 1.86 bits per heavy atom. The molecule has 0 amide bonds. The van der Waals surface area contributed by atoms with Crippen LogP contribution in [0.4, 0.5) is 10.1 Å². The van der Waals surface area contributed by atoms with E-state index < -0.39 is 10.7 Å². The maximum atomic E-state index is 13.1. The minimum absolute atomic E-state index is 0.0712. The van der Waals surface area contributed by atoms with Crippen molar-refractivity contribution in [1.82, 2.24) is 5.32 Å². The van der Waals surface area contributed by atoms with E-state index >= 15 is 0 Å². The summed E-state index contributed by atoms with van der Waals surface area (Å²) in [5, 5.41) is 22.9. The molecule has 0 aliphatic rings. The average Bonchev–Trinajstić information content (AvgIpc) is 2.43. The van der Waals surface area contributed by atoms with Crippen molar-refractivity contribution >= 4 is 5.69 Å². The van der Waals surface area contributed by atoms with E-state index in [1.54, 1.807) is 12.1 Å². The first kappa shape index (κ1) is 14.9. The van der Waals surface area contributed by atoms with Crippen LogP contribution in [0, 0.1) is 15.9 Å². The van der Waals surface area contributed by atoms with E-state index in [1.165, 1.54) is 24.3 Å². The Hall–Kier alpha value is -2.47. The molecule has 2 aromatic carbocycles. The molecule has 0 fully saturated rings. The smallest absolute Gasteiger partial charge is 0.269 e. The molecule has 5 nitrogen and oxygen atoms in total. The minimum Gasteiger partial charge on any atom is -0.508 e. The first-order chi connectivity index (χ1) is 10.0. The van der Waals surface area contributed by atoms with Crippen LogP contribution in [0.1, 0.15) is 11.1 Å². The van der Waals surface area contributed by atoms with Crippen LogP contribution in [-0.4, -0.2) is 16.6 Å². The third kappa shape index (κ3) is 4.54. The Bertz CT molecular complexity index is 609. The number of non-ortho nitro benzene ring substituents is 1. The lowest BCUT2D eigenvalue weighted by Gasteiger charge is -2.06. The maximum Gasteiger partial charge on any atom is 0.269 e. The normalized spacial score (nSPS) is 10.5. The van der Waals surface area contributed by atoms with Gasteiger partial charge in [-0.25, -0.2) is 4.39 Å². The fourth-order valence-electron chi connectivity index (χ4n) is 1.99. The highest BCUT2D eigenvalue weighted by molar-refractivity contribution is 5.33. The fraction of sp³-hybridized carbons (Fsp3) is 0.200. The van der Waals surface area contributed by atoms with Crippen molar-refractivity contribution in [2.75, 3.05) is 6.54 Å². The number of nitrogens with zero attached hydrogens (tertiary/aromatic N) is 1. The summed E-state index contributed by atoms with van der Waals surface area (Å²) in [7, 11) is 0. The molecule has 0 saturated heterocycles. The molecule has 2 N–H and O–H groups in total. The summed E-state index contributed by atoms with van der Waals surface area (Å²) in [6, 6.07) is 10.3. The van der Waals surface area contributed by atoms with Gasteiger partial charge in [-0.05, 0) is 36.2 Å². The highest BCUT2D eigenvalue weighted by Crippen LogP contribution is 2.14. The average molecular weight is 290 g/mol. The number of phenols is 1. The Morgan fingerprint density at radius 1 is 1.14 bits per heavy atom. The monoisotopic (exact) mass is 290 g/mol.